The van der Waals surface area contributed by atoms with Crippen LogP contribution in [-0.2, 0) is 0 Å². The van der Waals surface area contributed by atoms with Gasteiger partial charge in [0, 0.05) is 30.7 Å². The van der Waals surface area contributed by atoms with Crippen LogP contribution in [0.2, 0.25) is 0 Å². The lowest BCUT2D eigenvalue weighted by molar-refractivity contribution is 0.878. The van der Waals surface area contributed by atoms with Gasteiger partial charge in [0.25, 0.3) is 0 Å². The molecule has 0 radical (unpaired) electrons. The molecule has 1 aromatic rings. The molecule has 4 heteroatoms. The Bertz CT molecular complexity index is 360. The van der Waals surface area contributed by atoms with Crippen LogP contribution in [0.15, 0.2) is 23.3 Å². The van der Waals surface area contributed by atoms with Gasteiger partial charge in [-0.1, -0.05) is 11.2 Å². The van der Waals surface area contributed by atoms with Gasteiger partial charge in [-0.3, -0.25) is 0 Å². The molecule has 0 fully saturated rings. The van der Waals surface area contributed by atoms with E-state index in [4.69, 9.17) is 5.53 Å². The Morgan fingerprint density at radius 2 is 1.87 bits per heavy atom. The summed E-state index contributed by atoms with van der Waals surface area (Å²) in [7, 11) is 2.00. The highest BCUT2D eigenvalue weighted by molar-refractivity contribution is 5.50. The summed E-state index contributed by atoms with van der Waals surface area (Å²) in [5.41, 5.74) is 11.8. The van der Waals surface area contributed by atoms with Crippen LogP contribution in [0.4, 0.5) is 5.69 Å². The van der Waals surface area contributed by atoms with E-state index in [1.165, 1.54) is 16.8 Å². The molecule has 0 spiro atoms. The molecule has 0 aliphatic carbocycles. The van der Waals surface area contributed by atoms with Crippen LogP contribution >= 0.6 is 0 Å². The minimum atomic E-state index is 0.500. The summed E-state index contributed by atoms with van der Waals surface area (Å²) in [6.07, 6.45) is 0. The van der Waals surface area contributed by atoms with Crippen molar-refractivity contribution in [3.8, 4) is 0 Å². The molecule has 0 aliphatic rings. The van der Waals surface area contributed by atoms with E-state index >= 15 is 0 Å². The lowest BCUT2D eigenvalue weighted by Crippen LogP contribution is -2.20. The zero-order valence-electron chi connectivity index (χ0n) is 9.44. The quantitative estimate of drug-likeness (QED) is 0.422. The number of anilines is 1. The number of aryl methyl sites for hydroxylation is 2. The summed E-state index contributed by atoms with van der Waals surface area (Å²) >= 11 is 0. The molecule has 0 aromatic heterocycles. The second-order valence-corrected chi connectivity index (χ2v) is 3.72. The molecule has 15 heavy (non-hydrogen) atoms. The largest absolute Gasteiger partial charge is 0.374 e. The average molecular weight is 204 g/mol. The number of benzene rings is 1. The Morgan fingerprint density at radius 3 is 2.40 bits per heavy atom. The van der Waals surface area contributed by atoms with Crippen LogP contribution in [0.25, 0.3) is 10.4 Å². The van der Waals surface area contributed by atoms with E-state index in [1.807, 2.05) is 7.05 Å². The zero-order chi connectivity index (χ0) is 11.3. The summed E-state index contributed by atoms with van der Waals surface area (Å²) in [4.78, 5) is 4.83. The van der Waals surface area contributed by atoms with Crippen molar-refractivity contribution >= 4 is 5.69 Å². The molecule has 0 N–H and O–H groups in total. The number of likely N-dealkylation sites (N-methyl/N-ethyl adjacent to an activating group) is 1. The first kappa shape index (κ1) is 11.4. The Labute approximate surface area is 90.1 Å². The van der Waals surface area contributed by atoms with Gasteiger partial charge in [0.05, 0.1) is 0 Å². The van der Waals surface area contributed by atoms with Crippen molar-refractivity contribution in [1.29, 1.82) is 0 Å². The number of rotatable bonds is 4. The third kappa shape index (κ3) is 3.52. The maximum atomic E-state index is 8.18. The van der Waals surface area contributed by atoms with E-state index in [1.54, 1.807) is 0 Å². The van der Waals surface area contributed by atoms with Crippen LogP contribution in [0.3, 0.4) is 0 Å². The van der Waals surface area contributed by atoms with Crippen molar-refractivity contribution < 1.29 is 0 Å². The highest BCUT2D eigenvalue weighted by atomic mass is 15.2. The highest BCUT2D eigenvalue weighted by Gasteiger charge is 2.01. The van der Waals surface area contributed by atoms with Crippen molar-refractivity contribution in [3.63, 3.8) is 0 Å². The third-order valence-electron chi connectivity index (χ3n) is 2.25. The highest BCUT2D eigenvalue weighted by Crippen LogP contribution is 2.17. The van der Waals surface area contributed by atoms with E-state index in [-0.39, 0.29) is 0 Å². The van der Waals surface area contributed by atoms with Crippen molar-refractivity contribution in [3.05, 3.63) is 39.8 Å². The number of hydrogen-bond acceptors (Lipinski definition) is 2. The topological polar surface area (TPSA) is 52.0 Å². The fourth-order valence-electron chi connectivity index (χ4n) is 1.54. The van der Waals surface area contributed by atoms with Crippen molar-refractivity contribution in [1.82, 2.24) is 0 Å². The number of azide groups is 1. The number of hydrogen-bond donors (Lipinski definition) is 0. The molecule has 0 unspecified atom stereocenters. The second-order valence-electron chi connectivity index (χ2n) is 3.72. The van der Waals surface area contributed by atoms with Gasteiger partial charge in [0.1, 0.15) is 0 Å². The molecule has 0 saturated carbocycles. The average Bonchev–Trinajstić information content (AvgIpc) is 2.16. The van der Waals surface area contributed by atoms with Gasteiger partial charge in [0.2, 0.25) is 0 Å². The van der Waals surface area contributed by atoms with Crippen molar-refractivity contribution in [2.75, 3.05) is 25.0 Å². The normalized spacial score (nSPS) is 9.53. The van der Waals surface area contributed by atoms with Crippen LogP contribution in [0.1, 0.15) is 11.1 Å². The maximum absolute atomic E-state index is 8.18. The molecule has 0 atom stereocenters. The SMILES string of the molecule is Cc1cc(C)cc(N(C)CCN=[N+]=[N-])c1. The molecule has 1 rings (SSSR count). The Hall–Kier alpha value is -1.67. The van der Waals surface area contributed by atoms with E-state index in [0.29, 0.717) is 6.54 Å². The van der Waals surface area contributed by atoms with Gasteiger partial charge in [-0.15, -0.1) is 0 Å². The molecule has 0 aliphatic heterocycles. The molecule has 0 bridgehead atoms. The molecular weight excluding hydrogens is 188 g/mol. The van der Waals surface area contributed by atoms with Crippen molar-refractivity contribution in [2.45, 2.75) is 13.8 Å². The fraction of sp³-hybridized carbons (Fsp3) is 0.455. The minimum Gasteiger partial charge on any atom is -0.374 e. The van der Waals surface area contributed by atoms with E-state index in [2.05, 4.69) is 47.0 Å². The summed E-state index contributed by atoms with van der Waals surface area (Å²) in [6, 6.07) is 6.40. The van der Waals surface area contributed by atoms with E-state index in [0.717, 1.165) is 6.54 Å². The van der Waals surface area contributed by atoms with Crippen LogP contribution in [-0.4, -0.2) is 20.1 Å². The van der Waals surface area contributed by atoms with Crippen LogP contribution < -0.4 is 4.90 Å². The number of nitrogens with zero attached hydrogens (tertiary/aromatic N) is 4. The molecule has 0 saturated heterocycles. The zero-order valence-corrected chi connectivity index (χ0v) is 9.44. The summed E-state index contributed by atoms with van der Waals surface area (Å²) in [6.45, 7) is 5.41. The van der Waals surface area contributed by atoms with Gasteiger partial charge in [-0.05, 0) is 42.6 Å². The monoisotopic (exact) mass is 204 g/mol. The molecular formula is C11H16N4. The van der Waals surface area contributed by atoms with Crippen molar-refractivity contribution in [2.24, 2.45) is 5.11 Å². The van der Waals surface area contributed by atoms with Crippen LogP contribution in [0, 0.1) is 13.8 Å². The minimum absolute atomic E-state index is 0.500. The third-order valence-corrected chi connectivity index (χ3v) is 2.25. The molecule has 0 heterocycles. The molecule has 1 aromatic carbocycles. The second kappa shape index (κ2) is 5.27. The molecule has 4 nitrogen and oxygen atoms in total. The Morgan fingerprint density at radius 1 is 1.27 bits per heavy atom. The lowest BCUT2D eigenvalue weighted by atomic mass is 10.1. The van der Waals surface area contributed by atoms with Crippen LogP contribution in [0.5, 0.6) is 0 Å². The maximum Gasteiger partial charge on any atom is 0.0434 e. The smallest absolute Gasteiger partial charge is 0.0434 e. The first-order valence-corrected chi connectivity index (χ1v) is 4.94. The summed E-state index contributed by atoms with van der Waals surface area (Å²) < 4.78 is 0. The fourth-order valence-corrected chi connectivity index (χ4v) is 1.54. The Balaban J connectivity index is 2.72. The Kier molecular flexibility index (Phi) is 4.01. The van der Waals surface area contributed by atoms with E-state index < -0.39 is 0 Å². The van der Waals surface area contributed by atoms with E-state index in [9.17, 15) is 0 Å². The van der Waals surface area contributed by atoms with Gasteiger partial charge in [0.15, 0.2) is 0 Å². The van der Waals surface area contributed by atoms with Gasteiger partial charge in [-0.25, -0.2) is 0 Å². The predicted molar refractivity (Wildman–Crippen MR) is 63.2 cm³/mol. The standard InChI is InChI=1S/C11H16N4/c1-9-6-10(2)8-11(7-9)15(3)5-4-13-14-12/h6-8H,4-5H2,1-3H3. The predicted octanol–water partition coefficient (Wildman–Crippen LogP) is 3.05. The first-order chi connectivity index (χ1) is 7.13. The lowest BCUT2D eigenvalue weighted by Gasteiger charge is -2.19. The summed E-state index contributed by atoms with van der Waals surface area (Å²) in [5.74, 6) is 0. The first-order valence-electron chi connectivity index (χ1n) is 4.94. The van der Waals surface area contributed by atoms with Gasteiger partial charge < -0.3 is 4.90 Å². The molecule has 0 amide bonds. The summed E-state index contributed by atoms with van der Waals surface area (Å²) in [5, 5.41) is 3.52. The molecule has 80 valence electrons. The van der Waals surface area contributed by atoms with Gasteiger partial charge in [-0.2, -0.15) is 0 Å². The van der Waals surface area contributed by atoms with Gasteiger partial charge >= 0.3 is 0 Å².